The second kappa shape index (κ2) is 9.85. The van der Waals surface area contributed by atoms with Gasteiger partial charge in [-0.1, -0.05) is 11.8 Å². The number of Topliss-reactive ketones (excluding diaryl/α,β-unsaturated/α-hetero) is 1. The summed E-state index contributed by atoms with van der Waals surface area (Å²) in [4.78, 5) is 24.0. The van der Waals surface area contributed by atoms with Crippen LogP contribution in [0, 0.1) is 10.1 Å². The van der Waals surface area contributed by atoms with Crippen LogP contribution in [0.25, 0.3) is 11.4 Å². The summed E-state index contributed by atoms with van der Waals surface area (Å²) < 4.78 is 23.7. The number of furan rings is 1. The number of nitrogens with zero attached hydrogens (tertiary/aromatic N) is 4. The van der Waals surface area contributed by atoms with Gasteiger partial charge in [0.1, 0.15) is 17.1 Å². The van der Waals surface area contributed by atoms with Gasteiger partial charge in [0.05, 0.1) is 32.5 Å². The summed E-state index contributed by atoms with van der Waals surface area (Å²) in [5, 5.41) is 19.4. The number of aromatic nitrogens is 3. The van der Waals surface area contributed by atoms with Gasteiger partial charge in [-0.05, 0) is 36.4 Å². The molecule has 2 unspecified atom stereocenters. The van der Waals surface area contributed by atoms with Crippen molar-refractivity contribution in [3.63, 3.8) is 0 Å². The molecule has 0 saturated carbocycles. The number of ether oxygens (including phenoxy) is 3. The Morgan fingerprint density at radius 2 is 1.78 bits per heavy atom. The first-order valence-electron chi connectivity index (χ1n) is 11.0. The zero-order valence-electron chi connectivity index (χ0n) is 19.9. The molecule has 0 saturated heterocycles. The zero-order chi connectivity index (χ0) is 26.1. The van der Waals surface area contributed by atoms with Gasteiger partial charge in [0.2, 0.25) is 10.9 Å². The number of methoxy groups -OCH3 is 3. The first kappa shape index (κ1) is 24.2. The number of rotatable bonds is 8. The summed E-state index contributed by atoms with van der Waals surface area (Å²) in [6.07, 6.45) is 1.52. The van der Waals surface area contributed by atoms with Crippen molar-refractivity contribution in [1.29, 1.82) is 0 Å². The fourth-order valence-corrected chi connectivity index (χ4v) is 5.18. The van der Waals surface area contributed by atoms with Crippen LogP contribution in [-0.4, -0.2) is 52.2 Å². The number of benzene rings is 2. The van der Waals surface area contributed by atoms with Gasteiger partial charge in [-0.3, -0.25) is 14.9 Å². The van der Waals surface area contributed by atoms with E-state index in [0.29, 0.717) is 45.1 Å². The molecule has 12 nitrogen and oxygen atoms in total. The third-order valence-corrected chi connectivity index (χ3v) is 7.05. The predicted octanol–water partition coefficient (Wildman–Crippen LogP) is 4.11. The standard InChI is InChI=1S/C24H21N5O7S/c1-33-17-11-14(12-18(34-2)21(17)35-3)23-25-26-24-28(23)27-19(16-5-4-10-36-16)22(37-24)20(30)13-6-8-15(9-7-13)29(31)32/h4-12,19,22,27H,1-3H3. The molecule has 0 bridgehead atoms. The van der Waals surface area contributed by atoms with Crippen molar-refractivity contribution in [3.8, 4) is 28.6 Å². The summed E-state index contributed by atoms with van der Waals surface area (Å²) in [6.45, 7) is 0. The Bertz CT molecular complexity index is 1430. The van der Waals surface area contributed by atoms with E-state index >= 15 is 0 Å². The lowest BCUT2D eigenvalue weighted by atomic mass is 10.0. The molecule has 0 spiro atoms. The highest BCUT2D eigenvalue weighted by Crippen LogP contribution is 2.43. The lowest BCUT2D eigenvalue weighted by Crippen LogP contribution is -2.38. The van der Waals surface area contributed by atoms with Gasteiger partial charge in [0.15, 0.2) is 23.1 Å². The molecule has 4 aromatic rings. The van der Waals surface area contributed by atoms with Gasteiger partial charge < -0.3 is 24.1 Å². The molecule has 0 fully saturated rings. The van der Waals surface area contributed by atoms with E-state index < -0.39 is 16.2 Å². The first-order valence-corrected chi connectivity index (χ1v) is 11.8. The molecule has 13 heteroatoms. The number of carbonyl (C=O) groups is 1. The number of ketones is 1. The maximum absolute atomic E-state index is 13.5. The van der Waals surface area contributed by atoms with Gasteiger partial charge in [0.25, 0.3) is 5.69 Å². The molecule has 2 aromatic heterocycles. The highest BCUT2D eigenvalue weighted by molar-refractivity contribution is 8.00. The van der Waals surface area contributed by atoms with E-state index in [1.54, 1.807) is 28.9 Å². The Hall–Kier alpha value is -4.52. The predicted molar refractivity (Wildman–Crippen MR) is 133 cm³/mol. The summed E-state index contributed by atoms with van der Waals surface area (Å²) in [5.74, 6) is 2.09. The third-order valence-electron chi connectivity index (χ3n) is 5.83. The lowest BCUT2D eigenvalue weighted by Gasteiger charge is -2.31. The number of carbonyl (C=O) groups excluding carboxylic acids is 1. The maximum atomic E-state index is 13.5. The van der Waals surface area contributed by atoms with E-state index in [0.717, 1.165) is 0 Å². The van der Waals surface area contributed by atoms with Crippen molar-refractivity contribution in [2.24, 2.45) is 0 Å². The number of hydrogen-bond acceptors (Lipinski definition) is 11. The van der Waals surface area contributed by atoms with E-state index in [1.807, 2.05) is 0 Å². The minimum atomic E-state index is -0.683. The van der Waals surface area contributed by atoms with Crippen molar-refractivity contribution in [2.75, 3.05) is 26.8 Å². The maximum Gasteiger partial charge on any atom is 0.269 e. The van der Waals surface area contributed by atoms with Crippen molar-refractivity contribution in [1.82, 2.24) is 14.9 Å². The van der Waals surface area contributed by atoms with E-state index in [-0.39, 0.29) is 11.5 Å². The number of nitro groups is 1. The van der Waals surface area contributed by atoms with E-state index in [4.69, 9.17) is 18.6 Å². The topological polar surface area (TPSA) is 144 Å². The third kappa shape index (κ3) is 4.33. The summed E-state index contributed by atoms with van der Waals surface area (Å²) >= 11 is 1.22. The highest BCUT2D eigenvalue weighted by Gasteiger charge is 2.40. The molecule has 3 heterocycles. The van der Waals surface area contributed by atoms with Crippen LogP contribution in [0.4, 0.5) is 5.69 Å². The molecule has 1 aliphatic rings. The minimum Gasteiger partial charge on any atom is -0.493 e. The molecule has 5 rings (SSSR count). The van der Waals surface area contributed by atoms with E-state index in [9.17, 15) is 14.9 Å². The first-order chi connectivity index (χ1) is 17.9. The van der Waals surface area contributed by atoms with Crippen molar-refractivity contribution in [3.05, 3.63) is 76.2 Å². The number of hydrogen-bond donors (Lipinski definition) is 1. The van der Waals surface area contributed by atoms with Crippen molar-refractivity contribution in [2.45, 2.75) is 16.4 Å². The Morgan fingerprint density at radius 3 is 2.35 bits per heavy atom. The van der Waals surface area contributed by atoms with Crippen LogP contribution < -0.4 is 19.6 Å². The molecular weight excluding hydrogens is 502 g/mol. The van der Waals surface area contributed by atoms with Crippen LogP contribution in [0.5, 0.6) is 17.2 Å². The Morgan fingerprint density at radius 1 is 1.08 bits per heavy atom. The molecule has 0 amide bonds. The molecule has 190 valence electrons. The monoisotopic (exact) mass is 523 g/mol. The normalized spacial score (nSPS) is 16.4. The second-order valence-electron chi connectivity index (χ2n) is 7.88. The van der Waals surface area contributed by atoms with Gasteiger partial charge in [0, 0.05) is 23.3 Å². The fourth-order valence-electron chi connectivity index (χ4n) is 4.05. The van der Waals surface area contributed by atoms with Crippen molar-refractivity contribution >= 4 is 23.2 Å². The molecule has 1 aliphatic heterocycles. The molecule has 0 radical (unpaired) electrons. The quantitative estimate of drug-likeness (QED) is 0.202. The van der Waals surface area contributed by atoms with Gasteiger partial charge in [-0.15, -0.1) is 10.2 Å². The minimum absolute atomic E-state index is 0.0942. The molecule has 2 atom stereocenters. The van der Waals surface area contributed by atoms with Crippen LogP contribution in [0.2, 0.25) is 0 Å². The molecule has 37 heavy (non-hydrogen) atoms. The smallest absolute Gasteiger partial charge is 0.269 e. The average Bonchev–Trinajstić information content (AvgIpc) is 3.61. The van der Waals surface area contributed by atoms with Crippen LogP contribution in [-0.2, 0) is 0 Å². The highest BCUT2D eigenvalue weighted by atomic mass is 32.2. The lowest BCUT2D eigenvalue weighted by molar-refractivity contribution is -0.384. The van der Waals surface area contributed by atoms with Gasteiger partial charge in [-0.25, -0.2) is 4.68 Å². The zero-order valence-corrected chi connectivity index (χ0v) is 20.7. The molecule has 1 N–H and O–H groups in total. The molecular formula is C24H21N5O7S. The summed E-state index contributed by atoms with van der Waals surface area (Å²) in [6, 6.07) is 11.9. The molecule has 0 aliphatic carbocycles. The van der Waals surface area contributed by atoms with Crippen LogP contribution >= 0.6 is 11.8 Å². The number of nitro benzene ring substituents is 1. The van der Waals surface area contributed by atoms with Crippen LogP contribution in [0.15, 0.2) is 64.4 Å². The van der Waals surface area contributed by atoms with Crippen LogP contribution in [0.1, 0.15) is 22.2 Å². The van der Waals surface area contributed by atoms with E-state index in [2.05, 4.69) is 15.6 Å². The molecule has 2 aromatic carbocycles. The average molecular weight is 524 g/mol. The van der Waals surface area contributed by atoms with E-state index in [1.165, 1.54) is 63.6 Å². The Kier molecular flexibility index (Phi) is 6.44. The fraction of sp³-hybridized carbons (Fsp3) is 0.208. The number of non-ortho nitro benzene ring substituents is 1. The summed E-state index contributed by atoms with van der Waals surface area (Å²) in [5.41, 5.74) is 4.19. The number of thioether (sulfide) groups is 1. The van der Waals surface area contributed by atoms with Crippen molar-refractivity contribution < 1.29 is 28.3 Å². The van der Waals surface area contributed by atoms with Gasteiger partial charge in [-0.2, -0.15) is 0 Å². The van der Waals surface area contributed by atoms with Crippen LogP contribution in [0.3, 0.4) is 0 Å². The SMILES string of the molecule is COc1cc(-c2nnc3n2NC(c2ccco2)C(C(=O)c2ccc([N+](=O)[O-])cc2)S3)cc(OC)c1OC. The summed E-state index contributed by atoms with van der Waals surface area (Å²) in [7, 11) is 4.57. The largest absolute Gasteiger partial charge is 0.493 e. The number of nitrogens with one attached hydrogen (secondary N) is 1. The second-order valence-corrected chi connectivity index (χ2v) is 8.99. The number of fused-ring (bicyclic) bond motifs is 1. The van der Waals surface area contributed by atoms with Gasteiger partial charge >= 0.3 is 0 Å². The Labute approximate surface area is 214 Å². The Balaban J connectivity index is 1.55.